The van der Waals surface area contributed by atoms with Crippen LogP contribution < -0.4 is 5.32 Å². The van der Waals surface area contributed by atoms with Crippen molar-refractivity contribution >= 4 is 5.91 Å². The Balaban J connectivity index is 1.94. The maximum absolute atomic E-state index is 12.3. The molecule has 2 fully saturated rings. The maximum Gasteiger partial charge on any atom is 0.241 e. The fraction of sp³-hybridized carbons (Fsp3) is 0.917. The SMILES string of the molecule is CN1CCNCC1C(=O)N(C)C1CCCC1. The van der Waals surface area contributed by atoms with E-state index >= 15 is 0 Å². The number of carbonyl (C=O) groups is 1. The highest BCUT2D eigenvalue weighted by Crippen LogP contribution is 2.23. The van der Waals surface area contributed by atoms with Crippen LogP contribution in [0.3, 0.4) is 0 Å². The van der Waals surface area contributed by atoms with Gasteiger partial charge in [-0.05, 0) is 19.9 Å². The van der Waals surface area contributed by atoms with Gasteiger partial charge < -0.3 is 10.2 Å². The number of piperazine rings is 1. The van der Waals surface area contributed by atoms with E-state index in [-0.39, 0.29) is 6.04 Å². The van der Waals surface area contributed by atoms with Crippen LogP contribution >= 0.6 is 0 Å². The Morgan fingerprint density at radius 3 is 2.69 bits per heavy atom. The van der Waals surface area contributed by atoms with Gasteiger partial charge in [0.2, 0.25) is 5.91 Å². The summed E-state index contributed by atoms with van der Waals surface area (Å²) < 4.78 is 0. The van der Waals surface area contributed by atoms with Crippen LogP contribution in [0.1, 0.15) is 25.7 Å². The zero-order valence-electron chi connectivity index (χ0n) is 10.4. The molecule has 1 saturated carbocycles. The molecule has 92 valence electrons. The zero-order valence-corrected chi connectivity index (χ0v) is 10.4. The Morgan fingerprint density at radius 2 is 2.06 bits per heavy atom. The molecule has 1 unspecified atom stereocenters. The minimum atomic E-state index is 0.0411. The average Bonchev–Trinajstić information content (AvgIpc) is 2.81. The molecule has 1 aliphatic carbocycles. The van der Waals surface area contributed by atoms with E-state index in [1.165, 1.54) is 25.7 Å². The van der Waals surface area contributed by atoms with Gasteiger partial charge in [-0.3, -0.25) is 9.69 Å². The molecule has 0 aromatic carbocycles. The van der Waals surface area contributed by atoms with Crippen LogP contribution in [0.5, 0.6) is 0 Å². The third-order valence-electron chi connectivity index (χ3n) is 4.02. The lowest BCUT2D eigenvalue weighted by Crippen LogP contribution is -2.57. The number of hydrogen-bond donors (Lipinski definition) is 1. The summed E-state index contributed by atoms with van der Waals surface area (Å²) in [5, 5.41) is 3.30. The molecule has 1 N–H and O–H groups in total. The number of nitrogens with one attached hydrogen (secondary N) is 1. The van der Waals surface area contributed by atoms with E-state index in [2.05, 4.69) is 10.2 Å². The molecule has 2 rings (SSSR count). The largest absolute Gasteiger partial charge is 0.341 e. The van der Waals surface area contributed by atoms with E-state index in [1.807, 2.05) is 19.0 Å². The van der Waals surface area contributed by atoms with Crippen LogP contribution in [0.2, 0.25) is 0 Å². The predicted molar refractivity (Wildman–Crippen MR) is 64.3 cm³/mol. The van der Waals surface area contributed by atoms with Gasteiger partial charge in [0.05, 0.1) is 0 Å². The second-order valence-electron chi connectivity index (χ2n) is 5.09. The van der Waals surface area contributed by atoms with Gasteiger partial charge in [-0.15, -0.1) is 0 Å². The highest BCUT2D eigenvalue weighted by molar-refractivity contribution is 5.82. The zero-order chi connectivity index (χ0) is 11.5. The van der Waals surface area contributed by atoms with Crippen molar-refractivity contribution in [2.45, 2.75) is 37.8 Å². The Morgan fingerprint density at radius 1 is 1.38 bits per heavy atom. The van der Waals surface area contributed by atoms with E-state index in [1.54, 1.807) is 0 Å². The first kappa shape index (κ1) is 11.9. The number of rotatable bonds is 2. The van der Waals surface area contributed by atoms with Crippen LogP contribution in [-0.4, -0.2) is 61.5 Å². The number of nitrogens with zero attached hydrogens (tertiary/aromatic N) is 2. The molecule has 0 aromatic rings. The summed E-state index contributed by atoms with van der Waals surface area (Å²) in [4.78, 5) is 16.5. The van der Waals surface area contributed by atoms with Crippen LogP contribution in [0.4, 0.5) is 0 Å². The molecule has 4 nitrogen and oxygen atoms in total. The minimum Gasteiger partial charge on any atom is -0.341 e. The third kappa shape index (κ3) is 2.38. The Hall–Kier alpha value is -0.610. The van der Waals surface area contributed by atoms with E-state index in [0.29, 0.717) is 11.9 Å². The molecule has 1 amide bonds. The van der Waals surface area contributed by atoms with E-state index in [9.17, 15) is 4.79 Å². The van der Waals surface area contributed by atoms with Crippen molar-refractivity contribution in [1.29, 1.82) is 0 Å². The smallest absolute Gasteiger partial charge is 0.241 e. The number of hydrogen-bond acceptors (Lipinski definition) is 3. The minimum absolute atomic E-state index is 0.0411. The summed E-state index contributed by atoms with van der Waals surface area (Å²) in [6, 6.07) is 0.530. The summed E-state index contributed by atoms with van der Waals surface area (Å²) >= 11 is 0. The quantitative estimate of drug-likeness (QED) is 0.734. The molecule has 0 radical (unpaired) electrons. The van der Waals surface area contributed by atoms with Gasteiger partial charge >= 0.3 is 0 Å². The second kappa shape index (κ2) is 5.15. The fourth-order valence-corrected chi connectivity index (χ4v) is 2.79. The highest BCUT2D eigenvalue weighted by Gasteiger charge is 2.32. The first-order valence-corrected chi connectivity index (χ1v) is 6.38. The van der Waals surface area contributed by atoms with Crippen molar-refractivity contribution in [2.75, 3.05) is 33.7 Å². The van der Waals surface area contributed by atoms with Crippen LogP contribution in [-0.2, 0) is 4.79 Å². The van der Waals surface area contributed by atoms with Gasteiger partial charge in [-0.25, -0.2) is 0 Å². The van der Waals surface area contributed by atoms with Crippen molar-refractivity contribution in [2.24, 2.45) is 0 Å². The Bertz CT molecular complexity index is 251. The van der Waals surface area contributed by atoms with E-state index < -0.39 is 0 Å². The summed E-state index contributed by atoms with van der Waals surface area (Å²) in [7, 11) is 4.02. The Labute approximate surface area is 98.0 Å². The molecule has 1 saturated heterocycles. The molecule has 16 heavy (non-hydrogen) atoms. The molecule has 0 spiro atoms. The normalized spacial score (nSPS) is 28.2. The van der Waals surface area contributed by atoms with Gasteiger partial charge in [0, 0.05) is 32.7 Å². The monoisotopic (exact) mass is 225 g/mol. The van der Waals surface area contributed by atoms with E-state index in [0.717, 1.165) is 19.6 Å². The lowest BCUT2D eigenvalue weighted by Gasteiger charge is -2.36. The third-order valence-corrected chi connectivity index (χ3v) is 4.02. The molecule has 1 atom stereocenters. The topological polar surface area (TPSA) is 35.6 Å². The van der Waals surface area contributed by atoms with Crippen molar-refractivity contribution in [3.63, 3.8) is 0 Å². The number of amides is 1. The molecular formula is C12H23N3O. The average molecular weight is 225 g/mol. The van der Waals surface area contributed by atoms with Gasteiger partial charge in [0.25, 0.3) is 0 Å². The second-order valence-corrected chi connectivity index (χ2v) is 5.09. The standard InChI is InChI=1S/C12H23N3O/c1-14-8-7-13-9-11(14)12(16)15(2)10-5-3-4-6-10/h10-11,13H,3-9H2,1-2H3. The van der Waals surface area contributed by atoms with Crippen molar-refractivity contribution in [3.05, 3.63) is 0 Å². The molecule has 0 bridgehead atoms. The number of likely N-dealkylation sites (N-methyl/N-ethyl adjacent to an activating group) is 2. The lowest BCUT2D eigenvalue weighted by atomic mass is 10.1. The van der Waals surface area contributed by atoms with Crippen molar-refractivity contribution in [3.8, 4) is 0 Å². The molecule has 0 aromatic heterocycles. The van der Waals surface area contributed by atoms with E-state index in [4.69, 9.17) is 0 Å². The fourth-order valence-electron chi connectivity index (χ4n) is 2.79. The number of carbonyl (C=O) groups excluding carboxylic acids is 1. The molecular weight excluding hydrogens is 202 g/mol. The summed E-state index contributed by atoms with van der Waals surface area (Å²) in [5.74, 6) is 0.293. The first-order valence-electron chi connectivity index (χ1n) is 6.38. The molecule has 4 heteroatoms. The summed E-state index contributed by atoms with van der Waals surface area (Å²) in [6.07, 6.45) is 4.93. The van der Waals surface area contributed by atoms with Gasteiger partial charge in [-0.2, -0.15) is 0 Å². The van der Waals surface area contributed by atoms with Gasteiger partial charge in [0.1, 0.15) is 6.04 Å². The van der Waals surface area contributed by atoms with Crippen LogP contribution in [0.25, 0.3) is 0 Å². The van der Waals surface area contributed by atoms with Crippen LogP contribution in [0.15, 0.2) is 0 Å². The summed E-state index contributed by atoms with van der Waals surface area (Å²) in [6.45, 7) is 2.76. The van der Waals surface area contributed by atoms with Gasteiger partial charge in [-0.1, -0.05) is 12.8 Å². The maximum atomic E-state index is 12.3. The van der Waals surface area contributed by atoms with Crippen LogP contribution in [0, 0.1) is 0 Å². The molecule has 2 aliphatic rings. The molecule has 1 heterocycles. The predicted octanol–water partition coefficient (Wildman–Crippen LogP) is 0.291. The van der Waals surface area contributed by atoms with Crippen molar-refractivity contribution < 1.29 is 4.79 Å². The first-order chi connectivity index (χ1) is 7.70. The lowest BCUT2D eigenvalue weighted by molar-refractivity contribution is -0.137. The summed E-state index contributed by atoms with van der Waals surface area (Å²) in [5.41, 5.74) is 0. The van der Waals surface area contributed by atoms with Crippen molar-refractivity contribution in [1.82, 2.24) is 15.1 Å². The molecule has 1 aliphatic heterocycles. The Kier molecular flexibility index (Phi) is 3.82. The van der Waals surface area contributed by atoms with Gasteiger partial charge in [0.15, 0.2) is 0 Å². The highest BCUT2D eigenvalue weighted by atomic mass is 16.2.